The van der Waals surface area contributed by atoms with Gasteiger partial charge in [0.15, 0.2) is 18.1 Å². The van der Waals surface area contributed by atoms with E-state index in [1.165, 1.54) is 19.2 Å². The first-order chi connectivity index (χ1) is 11.0. The van der Waals surface area contributed by atoms with Gasteiger partial charge in [-0.05, 0) is 37.3 Å². The maximum absolute atomic E-state index is 12.0. The molecule has 0 spiro atoms. The Morgan fingerprint density at radius 2 is 1.83 bits per heavy atom. The molecule has 0 aliphatic heterocycles. The molecule has 0 radical (unpaired) electrons. The van der Waals surface area contributed by atoms with E-state index in [0.29, 0.717) is 17.9 Å². The second-order valence-corrected chi connectivity index (χ2v) is 4.64. The number of aryl methyl sites for hydroxylation is 1. The van der Waals surface area contributed by atoms with Crippen LogP contribution in [0.1, 0.15) is 27.8 Å². The molecule has 2 aromatic rings. The molecule has 7 heteroatoms. The quantitative estimate of drug-likeness (QED) is 0.588. The first kappa shape index (κ1) is 16.4. The summed E-state index contributed by atoms with van der Waals surface area (Å²) in [7, 11) is 1.42. The molecule has 120 valence electrons. The Hall–Kier alpha value is -2.96. The molecule has 0 bridgehead atoms. The number of carbonyl (C=O) groups is 2. The van der Waals surface area contributed by atoms with Crippen LogP contribution in [0.2, 0.25) is 0 Å². The molecule has 1 heterocycles. The van der Waals surface area contributed by atoms with Gasteiger partial charge in [0.25, 0.3) is 5.56 Å². The van der Waals surface area contributed by atoms with Gasteiger partial charge in [-0.25, -0.2) is 9.48 Å². The summed E-state index contributed by atoms with van der Waals surface area (Å²) >= 11 is 0. The molecule has 23 heavy (non-hydrogen) atoms. The van der Waals surface area contributed by atoms with Crippen molar-refractivity contribution in [3.05, 3.63) is 58.0 Å². The Morgan fingerprint density at radius 3 is 2.43 bits per heavy atom. The molecule has 7 nitrogen and oxygen atoms in total. The summed E-state index contributed by atoms with van der Waals surface area (Å²) in [4.78, 5) is 35.0. The zero-order chi connectivity index (χ0) is 16.8. The number of carbonyl (C=O) groups excluding carboxylic acids is 2. The van der Waals surface area contributed by atoms with E-state index in [-0.39, 0.29) is 17.0 Å². The molecular formula is C16H16N2O5. The van der Waals surface area contributed by atoms with Gasteiger partial charge in [0.2, 0.25) is 0 Å². The number of Topliss-reactive ketones (excluding diaryl/α,β-unsaturated/α-hetero) is 1. The van der Waals surface area contributed by atoms with Crippen LogP contribution >= 0.6 is 0 Å². The minimum Gasteiger partial charge on any atom is -0.494 e. The minimum atomic E-state index is -0.764. The Labute approximate surface area is 132 Å². The normalized spacial score (nSPS) is 10.2. The average Bonchev–Trinajstić information content (AvgIpc) is 2.56. The number of aromatic nitrogens is 2. The van der Waals surface area contributed by atoms with E-state index in [1.54, 1.807) is 24.3 Å². The van der Waals surface area contributed by atoms with Crippen molar-refractivity contribution in [2.24, 2.45) is 7.05 Å². The highest BCUT2D eigenvalue weighted by Gasteiger charge is 2.14. The van der Waals surface area contributed by atoms with Gasteiger partial charge in [-0.3, -0.25) is 9.59 Å². The first-order valence-corrected chi connectivity index (χ1v) is 6.99. The van der Waals surface area contributed by atoms with Gasteiger partial charge in [0.1, 0.15) is 5.75 Å². The smallest absolute Gasteiger partial charge is 0.359 e. The van der Waals surface area contributed by atoms with E-state index < -0.39 is 12.6 Å². The van der Waals surface area contributed by atoms with E-state index >= 15 is 0 Å². The number of hydrogen-bond acceptors (Lipinski definition) is 6. The highest BCUT2D eigenvalue weighted by Crippen LogP contribution is 2.12. The summed E-state index contributed by atoms with van der Waals surface area (Å²) in [5.41, 5.74) is 0.0354. The Balaban J connectivity index is 1.96. The summed E-state index contributed by atoms with van der Waals surface area (Å²) < 4.78 is 11.2. The highest BCUT2D eigenvalue weighted by atomic mass is 16.5. The van der Waals surface area contributed by atoms with Crippen molar-refractivity contribution < 1.29 is 19.1 Å². The van der Waals surface area contributed by atoms with Crippen molar-refractivity contribution in [3.8, 4) is 5.75 Å². The zero-order valence-electron chi connectivity index (χ0n) is 12.8. The van der Waals surface area contributed by atoms with Crippen LogP contribution in [-0.4, -0.2) is 34.7 Å². The lowest BCUT2D eigenvalue weighted by Gasteiger charge is -2.06. The van der Waals surface area contributed by atoms with Gasteiger partial charge < -0.3 is 9.47 Å². The molecular weight excluding hydrogens is 300 g/mol. The van der Waals surface area contributed by atoms with E-state index in [4.69, 9.17) is 9.47 Å². The van der Waals surface area contributed by atoms with Gasteiger partial charge in [-0.15, -0.1) is 0 Å². The summed E-state index contributed by atoms with van der Waals surface area (Å²) in [6, 6.07) is 9.02. The van der Waals surface area contributed by atoms with Crippen LogP contribution in [0.5, 0.6) is 5.75 Å². The van der Waals surface area contributed by atoms with Crippen molar-refractivity contribution in [2.45, 2.75) is 6.92 Å². The van der Waals surface area contributed by atoms with Crippen LogP contribution < -0.4 is 10.3 Å². The Kier molecular flexibility index (Phi) is 5.24. The molecule has 0 N–H and O–H groups in total. The number of ketones is 1. The van der Waals surface area contributed by atoms with Gasteiger partial charge in [0.05, 0.1) is 6.61 Å². The molecule has 0 aliphatic carbocycles. The van der Waals surface area contributed by atoms with Crippen LogP contribution in [0.4, 0.5) is 0 Å². The lowest BCUT2D eigenvalue weighted by molar-refractivity contribution is 0.0466. The van der Waals surface area contributed by atoms with Crippen molar-refractivity contribution in [3.63, 3.8) is 0 Å². The summed E-state index contributed by atoms with van der Waals surface area (Å²) in [5.74, 6) is -0.443. The number of esters is 1. The molecule has 1 aromatic heterocycles. The lowest BCUT2D eigenvalue weighted by Crippen LogP contribution is -2.23. The van der Waals surface area contributed by atoms with Crippen LogP contribution in [0.25, 0.3) is 0 Å². The number of ether oxygens (including phenoxy) is 2. The van der Waals surface area contributed by atoms with Crippen molar-refractivity contribution >= 4 is 11.8 Å². The maximum Gasteiger partial charge on any atom is 0.359 e. The molecule has 0 aliphatic rings. The summed E-state index contributed by atoms with van der Waals surface area (Å²) in [6.07, 6.45) is 0. The van der Waals surface area contributed by atoms with Crippen LogP contribution in [0.3, 0.4) is 0 Å². The van der Waals surface area contributed by atoms with E-state index in [9.17, 15) is 14.4 Å². The van der Waals surface area contributed by atoms with Crippen molar-refractivity contribution in [2.75, 3.05) is 13.2 Å². The topological polar surface area (TPSA) is 87.5 Å². The predicted octanol–water partition coefficient (Wildman–Crippen LogP) is 1.22. The van der Waals surface area contributed by atoms with Crippen molar-refractivity contribution in [1.82, 2.24) is 9.78 Å². The number of hydrogen-bond donors (Lipinski definition) is 0. The molecule has 0 amide bonds. The fourth-order valence-corrected chi connectivity index (χ4v) is 1.80. The number of benzene rings is 1. The minimum absolute atomic E-state index is 0.0356. The van der Waals surface area contributed by atoms with Gasteiger partial charge in [-0.2, -0.15) is 5.10 Å². The largest absolute Gasteiger partial charge is 0.494 e. The van der Waals surface area contributed by atoms with Gasteiger partial charge in [0, 0.05) is 18.7 Å². The van der Waals surface area contributed by atoms with Gasteiger partial charge in [-0.1, -0.05) is 0 Å². The van der Waals surface area contributed by atoms with Crippen LogP contribution in [0.15, 0.2) is 41.2 Å². The Bertz CT molecular complexity index is 765. The molecule has 1 aromatic carbocycles. The van der Waals surface area contributed by atoms with Crippen LogP contribution in [-0.2, 0) is 11.8 Å². The molecule has 0 saturated heterocycles. The Morgan fingerprint density at radius 1 is 1.13 bits per heavy atom. The fourth-order valence-electron chi connectivity index (χ4n) is 1.80. The third-order valence-electron chi connectivity index (χ3n) is 2.99. The molecule has 0 atom stereocenters. The van der Waals surface area contributed by atoms with E-state index in [1.807, 2.05) is 6.92 Å². The number of nitrogens with zero attached hydrogens (tertiary/aromatic N) is 2. The first-order valence-electron chi connectivity index (χ1n) is 6.99. The molecule has 0 unspecified atom stereocenters. The second kappa shape index (κ2) is 7.35. The molecule has 0 fully saturated rings. The van der Waals surface area contributed by atoms with Crippen molar-refractivity contribution in [1.29, 1.82) is 0 Å². The average molecular weight is 316 g/mol. The zero-order valence-corrected chi connectivity index (χ0v) is 12.8. The lowest BCUT2D eigenvalue weighted by atomic mass is 10.1. The van der Waals surface area contributed by atoms with E-state index in [2.05, 4.69) is 5.10 Å². The predicted molar refractivity (Wildman–Crippen MR) is 81.7 cm³/mol. The van der Waals surface area contributed by atoms with Gasteiger partial charge >= 0.3 is 5.97 Å². The van der Waals surface area contributed by atoms with Crippen LogP contribution in [0, 0.1) is 0 Å². The SMILES string of the molecule is CCOc1ccc(C(=O)COC(=O)c2ccc(=O)n(C)n2)cc1. The maximum atomic E-state index is 12.0. The standard InChI is InChI=1S/C16H16N2O5/c1-3-22-12-6-4-11(5-7-12)14(19)10-23-16(21)13-8-9-15(20)18(2)17-13/h4-9H,3,10H2,1-2H3. The fraction of sp³-hybridized carbons (Fsp3) is 0.250. The highest BCUT2D eigenvalue weighted by molar-refractivity contribution is 5.99. The monoisotopic (exact) mass is 316 g/mol. The third-order valence-corrected chi connectivity index (χ3v) is 2.99. The molecule has 2 rings (SSSR count). The third kappa shape index (κ3) is 4.26. The second-order valence-electron chi connectivity index (χ2n) is 4.64. The van der Waals surface area contributed by atoms with E-state index in [0.717, 1.165) is 4.68 Å². The summed E-state index contributed by atoms with van der Waals surface area (Å²) in [5, 5.41) is 3.76. The summed E-state index contributed by atoms with van der Waals surface area (Å²) in [6.45, 7) is 2.00. The molecule has 0 saturated carbocycles. The number of rotatable bonds is 6.